The lowest BCUT2D eigenvalue weighted by Gasteiger charge is -2.30. The summed E-state index contributed by atoms with van der Waals surface area (Å²) in [5.41, 5.74) is 1.34. The molecule has 1 heterocycles. The van der Waals surface area contributed by atoms with Gasteiger partial charge in [0.15, 0.2) is 0 Å². The Bertz CT molecular complexity index is 410. The van der Waals surface area contributed by atoms with Gasteiger partial charge in [-0.25, -0.2) is 0 Å². The molecule has 0 aromatic heterocycles. The molecule has 20 heavy (non-hydrogen) atoms. The van der Waals surface area contributed by atoms with Gasteiger partial charge in [-0.05, 0) is 37.2 Å². The van der Waals surface area contributed by atoms with Crippen molar-refractivity contribution in [3.05, 3.63) is 35.9 Å². The SMILES string of the molecule is CC(CCc1ccccc1)CC(=O)N1CCC(O)CC1. The minimum Gasteiger partial charge on any atom is -0.393 e. The summed E-state index contributed by atoms with van der Waals surface area (Å²) in [6.45, 7) is 3.58. The highest BCUT2D eigenvalue weighted by molar-refractivity contribution is 5.76. The predicted octanol–water partition coefficient (Wildman–Crippen LogP) is 2.63. The average molecular weight is 275 g/mol. The number of rotatable bonds is 5. The lowest BCUT2D eigenvalue weighted by molar-refractivity contribution is -0.134. The third-order valence-electron chi connectivity index (χ3n) is 4.11. The van der Waals surface area contributed by atoms with Crippen LogP contribution in [0.5, 0.6) is 0 Å². The Kier molecular flexibility index (Phi) is 5.60. The molecule has 1 unspecified atom stereocenters. The highest BCUT2D eigenvalue weighted by Crippen LogP contribution is 2.17. The van der Waals surface area contributed by atoms with E-state index >= 15 is 0 Å². The predicted molar refractivity (Wildman–Crippen MR) is 80.4 cm³/mol. The van der Waals surface area contributed by atoms with Crippen molar-refractivity contribution in [2.75, 3.05) is 13.1 Å². The van der Waals surface area contributed by atoms with Crippen molar-refractivity contribution < 1.29 is 9.90 Å². The van der Waals surface area contributed by atoms with E-state index in [9.17, 15) is 9.90 Å². The van der Waals surface area contributed by atoms with Gasteiger partial charge in [0.05, 0.1) is 6.10 Å². The second-order valence-corrected chi connectivity index (χ2v) is 5.95. The summed E-state index contributed by atoms with van der Waals surface area (Å²) >= 11 is 0. The lowest BCUT2D eigenvalue weighted by atomic mass is 9.97. The number of aliphatic hydroxyl groups is 1. The average Bonchev–Trinajstić information content (AvgIpc) is 2.47. The van der Waals surface area contributed by atoms with Gasteiger partial charge in [0, 0.05) is 19.5 Å². The Morgan fingerprint density at radius 3 is 2.60 bits per heavy atom. The van der Waals surface area contributed by atoms with Gasteiger partial charge in [-0.1, -0.05) is 37.3 Å². The molecule has 1 aromatic carbocycles. The van der Waals surface area contributed by atoms with Gasteiger partial charge >= 0.3 is 0 Å². The van der Waals surface area contributed by atoms with Crippen LogP contribution in [0, 0.1) is 5.92 Å². The fourth-order valence-electron chi connectivity index (χ4n) is 2.70. The number of aliphatic hydroxyl groups excluding tert-OH is 1. The molecular weight excluding hydrogens is 250 g/mol. The molecule has 2 rings (SSSR count). The fourth-order valence-corrected chi connectivity index (χ4v) is 2.70. The van der Waals surface area contributed by atoms with Crippen molar-refractivity contribution in [2.24, 2.45) is 5.92 Å². The van der Waals surface area contributed by atoms with E-state index in [1.165, 1.54) is 5.56 Å². The Hall–Kier alpha value is -1.35. The summed E-state index contributed by atoms with van der Waals surface area (Å²) in [6, 6.07) is 10.4. The molecule has 1 saturated heterocycles. The molecule has 0 saturated carbocycles. The van der Waals surface area contributed by atoms with Gasteiger partial charge in [-0.2, -0.15) is 0 Å². The minimum atomic E-state index is -0.213. The van der Waals surface area contributed by atoms with E-state index in [2.05, 4.69) is 31.2 Å². The first-order valence-corrected chi connectivity index (χ1v) is 7.65. The molecular formula is C17H25NO2. The molecule has 1 atom stereocenters. The topological polar surface area (TPSA) is 40.5 Å². The number of carbonyl (C=O) groups excluding carboxylic acids is 1. The van der Waals surface area contributed by atoms with Crippen molar-refractivity contribution in [3.8, 4) is 0 Å². The van der Waals surface area contributed by atoms with Gasteiger partial charge in [0.1, 0.15) is 0 Å². The molecule has 1 aromatic rings. The standard InChI is InChI=1S/C17H25NO2/c1-14(7-8-15-5-3-2-4-6-15)13-17(20)18-11-9-16(19)10-12-18/h2-6,14,16,19H,7-13H2,1H3. The zero-order valence-electron chi connectivity index (χ0n) is 12.3. The van der Waals surface area contributed by atoms with E-state index in [0.717, 1.165) is 25.7 Å². The number of likely N-dealkylation sites (tertiary alicyclic amines) is 1. The van der Waals surface area contributed by atoms with Crippen molar-refractivity contribution >= 4 is 5.91 Å². The summed E-state index contributed by atoms with van der Waals surface area (Å²) < 4.78 is 0. The molecule has 0 bridgehead atoms. The first-order chi connectivity index (χ1) is 9.65. The van der Waals surface area contributed by atoms with Crippen LogP contribution in [0.1, 0.15) is 38.2 Å². The Morgan fingerprint density at radius 1 is 1.30 bits per heavy atom. The van der Waals surface area contributed by atoms with Gasteiger partial charge in [0.25, 0.3) is 0 Å². The van der Waals surface area contributed by atoms with Gasteiger partial charge < -0.3 is 10.0 Å². The number of hydrogen-bond acceptors (Lipinski definition) is 2. The monoisotopic (exact) mass is 275 g/mol. The van der Waals surface area contributed by atoms with Crippen molar-refractivity contribution in [1.82, 2.24) is 4.90 Å². The van der Waals surface area contributed by atoms with E-state index < -0.39 is 0 Å². The van der Waals surface area contributed by atoms with Crippen molar-refractivity contribution in [1.29, 1.82) is 0 Å². The molecule has 1 fully saturated rings. The van der Waals surface area contributed by atoms with Crippen LogP contribution in [0.15, 0.2) is 30.3 Å². The highest BCUT2D eigenvalue weighted by Gasteiger charge is 2.22. The number of benzene rings is 1. The van der Waals surface area contributed by atoms with E-state index in [-0.39, 0.29) is 12.0 Å². The zero-order chi connectivity index (χ0) is 14.4. The number of piperidine rings is 1. The molecule has 1 aliphatic rings. The lowest BCUT2D eigenvalue weighted by Crippen LogP contribution is -2.40. The second kappa shape index (κ2) is 7.44. The maximum absolute atomic E-state index is 12.2. The number of carbonyl (C=O) groups is 1. The first-order valence-electron chi connectivity index (χ1n) is 7.65. The smallest absolute Gasteiger partial charge is 0.222 e. The molecule has 1 N–H and O–H groups in total. The Labute approximate surface area is 121 Å². The molecule has 3 nitrogen and oxygen atoms in total. The highest BCUT2D eigenvalue weighted by atomic mass is 16.3. The molecule has 1 aliphatic heterocycles. The molecule has 0 spiro atoms. The van der Waals surface area contributed by atoms with Crippen molar-refractivity contribution in [3.63, 3.8) is 0 Å². The summed E-state index contributed by atoms with van der Waals surface area (Å²) in [4.78, 5) is 14.1. The number of aryl methyl sites for hydroxylation is 1. The van der Waals surface area contributed by atoms with Gasteiger partial charge in [-0.15, -0.1) is 0 Å². The number of amides is 1. The second-order valence-electron chi connectivity index (χ2n) is 5.95. The van der Waals surface area contributed by atoms with Crippen LogP contribution in [0.3, 0.4) is 0 Å². The maximum atomic E-state index is 12.2. The van der Waals surface area contributed by atoms with E-state index in [4.69, 9.17) is 0 Å². The summed E-state index contributed by atoms with van der Waals surface area (Å²) in [6.07, 6.45) is 3.95. The largest absolute Gasteiger partial charge is 0.393 e. The first kappa shape index (κ1) is 15.0. The zero-order valence-corrected chi connectivity index (χ0v) is 12.3. The van der Waals surface area contributed by atoms with Crippen LogP contribution in [0.4, 0.5) is 0 Å². The normalized spacial score (nSPS) is 18.0. The van der Waals surface area contributed by atoms with E-state index in [1.807, 2.05) is 11.0 Å². The van der Waals surface area contributed by atoms with Crippen LogP contribution in [0.2, 0.25) is 0 Å². The van der Waals surface area contributed by atoms with Crippen LogP contribution < -0.4 is 0 Å². The van der Waals surface area contributed by atoms with Crippen LogP contribution in [-0.2, 0) is 11.2 Å². The van der Waals surface area contributed by atoms with Crippen LogP contribution in [0.25, 0.3) is 0 Å². The fraction of sp³-hybridized carbons (Fsp3) is 0.588. The Morgan fingerprint density at radius 2 is 1.95 bits per heavy atom. The van der Waals surface area contributed by atoms with E-state index in [0.29, 0.717) is 25.4 Å². The molecule has 0 radical (unpaired) electrons. The van der Waals surface area contributed by atoms with Crippen LogP contribution >= 0.6 is 0 Å². The quantitative estimate of drug-likeness (QED) is 0.897. The third-order valence-corrected chi connectivity index (χ3v) is 4.11. The maximum Gasteiger partial charge on any atom is 0.222 e. The number of nitrogens with zero attached hydrogens (tertiary/aromatic N) is 1. The third kappa shape index (κ3) is 4.64. The van der Waals surface area contributed by atoms with Gasteiger partial charge in [0.2, 0.25) is 5.91 Å². The molecule has 0 aliphatic carbocycles. The van der Waals surface area contributed by atoms with Crippen molar-refractivity contribution in [2.45, 2.75) is 45.1 Å². The minimum absolute atomic E-state index is 0.213. The van der Waals surface area contributed by atoms with Crippen LogP contribution in [-0.4, -0.2) is 35.1 Å². The summed E-state index contributed by atoms with van der Waals surface area (Å²) in [5, 5.41) is 9.46. The molecule has 3 heteroatoms. The number of hydrogen-bond donors (Lipinski definition) is 1. The summed E-state index contributed by atoms with van der Waals surface area (Å²) in [5.74, 6) is 0.659. The van der Waals surface area contributed by atoms with Gasteiger partial charge in [-0.3, -0.25) is 4.79 Å². The Balaban J connectivity index is 1.71. The summed E-state index contributed by atoms with van der Waals surface area (Å²) in [7, 11) is 0. The molecule has 1 amide bonds. The molecule has 110 valence electrons. The van der Waals surface area contributed by atoms with E-state index in [1.54, 1.807) is 0 Å².